The maximum Gasteiger partial charge on any atom is 0.338 e. The van der Waals surface area contributed by atoms with Crippen LogP contribution in [0, 0.1) is 0 Å². The molecule has 0 N–H and O–H groups in total. The van der Waals surface area contributed by atoms with Gasteiger partial charge in [-0.15, -0.1) is 11.3 Å². The Hall–Kier alpha value is -3.30. The Morgan fingerprint density at radius 1 is 1.19 bits per heavy atom. The van der Waals surface area contributed by atoms with Crippen molar-refractivity contribution in [2.45, 2.75) is 19.9 Å². The number of carbonyl (C=O) groups is 2. The Bertz CT molecular complexity index is 1480. The van der Waals surface area contributed by atoms with Gasteiger partial charge in [-0.1, -0.05) is 35.6 Å². The molecular weight excluding hydrogens is 446 g/mol. The minimum absolute atomic E-state index is 0.199. The van der Waals surface area contributed by atoms with E-state index in [0.717, 1.165) is 16.1 Å². The number of likely N-dealkylation sites (N-methyl/N-ethyl adjacent to an activating group) is 1. The highest BCUT2D eigenvalue weighted by Crippen LogP contribution is 2.36. The van der Waals surface area contributed by atoms with Gasteiger partial charge in [-0.05, 0) is 31.4 Å². The summed E-state index contributed by atoms with van der Waals surface area (Å²) in [6.07, 6.45) is 0. The maximum absolute atomic E-state index is 13.8. The van der Waals surface area contributed by atoms with E-state index in [-0.39, 0.29) is 11.5 Å². The molecule has 32 heavy (non-hydrogen) atoms. The van der Waals surface area contributed by atoms with Crippen molar-refractivity contribution in [2.24, 2.45) is 4.99 Å². The predicted molar refractivity (Wildman–Crippen MR) is 124 cm³/mol. The summed E-state index contributed by atoms with van der Waals surface area (Å²) in [5.74, 6) is -0.724. The molecule has 4 heterocycles. The number of thiophene rings is 1. The lowest BCUT2D eigenvalue weighted by atomic mass is 10.0. The summed E-state index contributed by atoms with van der Waals surface area (Å²) in [5.41, 5.74) is 2.41. The van der Waals surface area contributed by atoms with Crippen LogP contribution in [0.1, 0.15) is 30.3 Å². The molecule has 0 bridgehead atoms. The van der Waals surface area contributed by atoms with Gasteiger partial charge in [-0.3, -0.25) is 14.2 Å². The molecule has 0 aliphatic carbocycles. The average Bonchev–Trinajstić information content (AvgIpc) is 3.49. The van der Waals surface area contributed by atoms with Crippen LogP contribution in [-0.4, -0.2) is 30.1 Å². The van der Waals surface area contributed by atoms with Crippen LogP contribution >= 0.6 is 22.7 Å². The number of para-hydroxylation sites is 1. The average molecular weight is 466 g/mol. The van der Waals surface area contributed by atoms with E-state index >= 15 is 0 Å². The molecule has 0 saturated heterocycles. The number of methoxy groups -OCH3 is 1. The van der Waals surface area contributed by atoms with Gasteiger partial charge in [0, 0.05) is 17.0 Å². The molecule has 1 amide bonds. The summed E-state index contributed by atoms with van der Waals surface area (Å²) in [4.78, 5) is 47.2. The molecule has 0 fully saturated rings. The van der Waals surface area contributed by atoms with Crippen molar-refractivity contribution in [3.05, 3.63) is 83.2 Å². The van der Waals surface area contributed by atoms with Crippen LogP contribution < -0.4 is 19.8 Å². The van der Waals surface area contributed by atoms with Crippen molar-refractivity contribution in [2.75, 3.05) is 18.6 Å². The van der Waals surface area contributed by atoms with Crippen molar-refractivity contribution >= 4 is 45.8 Å². The number of allylic oxidation sites excluding steroid dienone is 1. The normalized spacial score (nSPS) is 19.0. The number of aromatic nitrogens is 1. The van der Waals surface area contributed by atoms with E-state index in [1.165, 1.54) is 34.4 Å². The fourth-order valence-corrected chi connectivity index (χ4v) is 6.23. The third-order valence-electron chi connectivity index (χ3n) is 5.68. The number of benzene rings is 1. The van der Waals surface area contributed by atoms with Gasteiger partial charge < -0.3 is 9.64 Å². The number of hydrogen-bond donors (Lipinski definition) is 0. The first kappa shape index (κ1) is 20.6. The van der Waals surface area contributed by atoms with Crippen LogP contribution in [0.4, 0.5) is 5.69 Å². The van der Waals surface area contributed by atoms with Gasteiger partial charge >= 0.3 is 5.97 Å². The van der Waals surface area contributed by atoms with E-state index in [1.54, 1.807) is 11.8 Å². The molecule has 9 heteroatoms. The topological polar surface area (TPSA) is 81.0 Å². The van der Waals surface area contributed by atoms with Gasteiger partial charge in [0.25, 0.3) is 11.5 Å². The van der Waals surface area contributed by atoms with Crippen LogP contribution in [-0.2, 0) is 14.3 Å². The van der Waals surface area contributed by atoms with Gasteiger partial charge in [0.1, 0.15) is 10.6 Å². The number of anilines is 1. The number of fused-ring (bicyclic) bond motifs is 2. The second-order valence-electron chi connectivity index (χ2n) is 7.35. The molecule has 5 rings (SSSR count). The molecule has 7 nitrogen and oxygen atoms in total. The largest absolute Gasteiger partial charge is 0.466 e. The van der Waals surface area contributed by atoms with Crippen molar-refractivity contribution < 1.29 is 14.3 Å². The number of amides is 1. The van der Waals surface area contributed by atoms with Gasteiger partial charge in [0.15, 0.2) is 4.80 Å². The smallest absolute Gasteiger partial charge is 0.338 e. The van der Waals surface area contributed by atoms with Gasteiger partial charge in [0.05, 0.1) is 29.6 Å². The Kier molecular flexibility index (Phi) is 4.94. The zero-order chi connectivity index (χ0) is 22.6. The fraction of sp³-hybridized carbons (Fsp3) is 0.217. The number of nitrogens with zero attached hydrogens (tertiary/aromatic N) is 3. The molecule has 0 saturated carbocycles. The van der Waals surface area contributed by atoms with E-state index in [1.807, 2.05) is 48.7 Å². The molecule has 3 aromatic rings. The zero-order valence-corrected chi connectivity index (χ0v) is 19.3. The molecule has 1 atom stereocenters. The van der Waals surface area contributed by atoms with E-state index < -0.39 is 12.0 Å². The monoisotopic (exact) mass is 465 g/mol. The molecule has 2 aliphatic rings. The summed E-state index contributed by atoms with van der Waals surface area (Å²) in [6, 6.07) is 10.6. The molecule has 1 unspecified atom stereocenters. The van der Waals surface area contributed by atoms with E-state index in [2.05, 4.69) is 4.99 Å². The lowest BCUT2D eigenvalue weighted by molar-refractivity contribution is -0.136. The standard InChI is InChI=1S/C23H19N3O4S2/c1-4-25-14-9-6-5-8-13(14)17(20(25)27)19-21(28)26-18(15-10-7-11-31-15)16(22(29)30-3)12(2)24-23(26)32-19/h5-11,18H,4H2,1-3H3/b19-17+. The second-order valence-corrected chi connectivity index (χ2v) is 9.31. The minimum atomic E-state index is -0.651. The molecule has 2 aromatic heterocycles. The first-order valence-corrected chi connectivity index (χ1v) is 11.8. The third kappa shape index (κ3) is 2.85. The second kappa shape index (κ2) is 7.68. The Labute approximate surface area is 191 Å². The van der Waals surface area contributed by atoms with Crippen LogP contribution in [0.3, 0.4) is 0 Å². The fourth-order valence-electron chi connectivity index (χ4n) is 4.27. The summed E-state index contributed by atoms with van der Waals surface area (Å²) >= 11 is 2.63. The van der Waals surface area contributed by atoms with E-state index in [0.29, 0.717) is 32.7 Å². The Morgan fingerprint density at radius 2 is 1.97 bits per heavy atom. The van der Waals surface area contributed by atoms with Crippen molar-refractivity contribution in [3.63, 3.8) is 0 Å². The quantitative estimate of drug-likeness (QED) is 0.556. The molecule has 1 aromatic carbocycles. The van der Waals surface area contributed by atoms with Crippen LogP contribution in [0.15, 0.2) is 62.8 Å². The number of esters is 1. The van der Waals surface area contributed by atoms with Crippen molar-refractivity contribution in [1.82, 2.24) is 4.57 Å². The van der Waals surface area contributed by atoms with E-state index in [4.69, 9.17) is 4.74 Å². The van der Waals surface area contributed by atoms with Crippen LogP contribution in [0.5, 0.6) is 0 Å². The van der Waals surface area contributed by atoms with Crippen LogP contribution in [0.25, 0.3) is 5.57 Å². The lowest BCUT2D eigenvalue weighted by Crippen LogP contribution is -2.40. The highest BCUT2D eigenvalue weighted by molar-refractivity contribution is 7.10. The minimum Gasteiger partial charge on any atom is -0.466 e. The molecule has 0 radical (unpaired) electrons. The molecule has 2 aliphatic heterocycles. The third-order valence-corrected chi connectivity index (χ3v) is 7.66. The highest BCUT2D eigenvalue weighted by atomic mass is 32.1. The van der Waals surface area contributed by atoms with Gasteiger partial charge in [0.2, 0.25) is 0 Å². The lowest BCUT2D eigenvalue weighted by Gasteiger charge is -2.22. The van der Waals surface area contributed by atoms with Crippen molar-refractivity contribution in [1.29, 1.82) is 0 Å². The first-order valence-electron chi connectivity index (χ1n) is 10.1. The maximum atomic E-state index is 13.8. The number of thiazole rings is 1. The van der Waals surface area contributed by atoms with Gasteiger partial charge in [-0.25, -0.2) is 9.79 Å². The highest BCUT2D eigenvalue weighted by Gasteiger charge is 2.37. The summed E-state index contributed by atoms with van der Waals surface area (Å²) in [6.45, 7) is 4.14. The number of carbonyl (C=O) groups excluding carboxylic acids is 2. The predicted octanol–water partition coefficient (Wildman–Crippen LogP) is 2.21. The first-order chi connectivity index (χ1) is 15.5. The summed E-state index contributed by atoms with van der Waals surface area (Å²) in [7, 11) is 1.31. The Morgan fingerprint density at radius 3 is 2.66 bits per heavy atom. The van der Waals surface area contributed by atoms with Crippen LogP contribution in [0.2, 0.25) is 0 Å². The van der Waals surface area contributed by atoms with E-state index in [9.17, 15) is 14.4 Å². The SMILES string of the molecule is CCN1C(=O)/C(=c2/sc3n(c2=O)C(c2cccs2)C(C(=O)OC)=C(C)N=3)c2ccccc21. The summed E-state index contributed by atoms with van der Waals surface area (Å²) in [5, 5.41) is 1.90. The molecule has 0 spiro atoms. The van der Waals surface area contributed by atoms with Gasteiger partial charge in [-0.2, -0.15) is 0 Å². The summed E-state index contributed by atoms with van der Waals surface area (Å²) < 4.78 is 6.86. The molecular formula is C23H19N3O4S2. The Balaban J connectivity index is 1.85. The van der Waals surface area contributed by atoms with Crippen molar-refractivity contribution in [3.8, 4) is 0 Å². The number of rotatable bonds is 3. The number of ether oxygens (including phenoxy) is 1. The molecule has 162 valence electrons. The number of hydrogen-bond acceptors (Lipinski definition) is 7. The zero-order valence-electron chi connectivity index (χ0n) is 17.6.